The molecule has 1 aliphatic rings. The van der Waals surface area contributed by atoms with Crippen molar-refractivity contribution in [2.45, 2.75) is 26.8 Å². The van der Waals surface area contributed by atoms with E-state index in [2.05, 4.69) is 25.2 Å². The molecule has 1 aromatic carbocycles. The van der Waals surface area contributed by atoms with E-state index in [0.717, 1.165) is 24.6 Å². The summed E-state index contributed by atoms with van der Waals surface area (Å²) in [6.07, 6.45) is 1.32. The number of hydrogen-bond donors (Lipinski definition) is 1. The van der Waals surface area contributed by atoms with Crippen molar-refractivity contribution < 1.29 is 4.74 Å². The Hall–Kier alpha value is -1.53. The van der Waals surface area contributed by atoms with Gasteiger partial charge in [0, 0.05) is 6.54 Å². The summed E-state index contributed by atoms with van der Waals surface area (Å²) in [6.45, 7) is 6.51. The third kappa shape index (κ3) is 2.83. The Labute approximate surface area is 109 Å². The summed E-state index contributed by atoms with van der Waals surface area (Å²) >= 11 is 0. The first-order valence-electron chi connectivity index (χ1n) is 6.34. The molecular weight excluding hydrogens is 224 g/mol. The van der Waals surface area contributed by atoms with E-state index in [0.29, 0.717) is 16.7 Å². The molecular formula is C15H20N2O. The maximum atomic E-state index is 8.91. The zero-order valence-electron chi connectivity index (χ0n) is 11.3. The van der Waals surface area contributed by atoms with Crippen molar-refractivity contribution in [3.8, 4) is 11.8 Å². The predicted octanol–water partition coefficient (Wildman–Crippen LogP) is 2.70. The van der Waals surface area contributed by atoms with E-state index in [9.17, 15) is 0 Å². The number of benzene rings is 1. The molecule has 0 aromatic heterocycles. The zero-order chi connectivity index (χ0) is 13.2. The average Bonchev–Trinajstić information content (AvgIpc) is 2.96. The summed E-state index contributed by atoms with van der Waals surface area (Å²) in [5, 5.41) is 12.4. The highest BCUT2D eigenvalue weighted by molar-refractivity contribution is 5.45. The van der Waals surface area contributed by atoms with Crippen molar-refractivity contribution in [3.63, 3.8) is 0 Å². The van der Waals surface area contributed by atoms with Gasteiger partial charge >= 0.3 is 0 Å². The molecule has 18 heavy (non-hydrogen) atoms. The van der Waals surface area contributed by atoms with Gasteiger partial charge in [-0.3, -0.25) is 0 Å². The fourth-order valence-electron chi connectivity index (χ4n) is 2.25. The molecule has 1 N–H and O–H groups in total. The van der Waals surface area contributed by atoms with E-state index in [1.807, 2.05) is 18.2 Å². The van der Waals surface area contributed by atoms with Crippen molar-refractivity contribution in [3.05, 3.63) is 29.3 Å². The third-order valence-electron chi connectivity index (χ3n) is 3.82. The Morgan fingerprint density at radius 1 is 1.50 bits per heavy atom. The van der Waals surface area contributed by atoms with Crippen molar-refractivity contribution in [1.82, 2.24) is 5.32 Å². The van der Waals surface area contributed by atoms with E-state index < -0.39 is 0 Å². The molecule has 1 unspecified atom stereocenters. The van der Waals surface area contributed by atoms with E-state index in [1.54, 1.807) is 7.11 Å². The van der Waals surface area contributed by atoms with Crippen LogP contribution in [0.25, 0.3) is 0 Å². The molecule has 0 amide bonds. The summed E-state index contributed by atoms with van der Waals surface area (Å²) in [5.41, 5.74) is 2.27. The normalized spacial score (nSPS) is 20.2. The number of methoxy groups -OCH3 is 1. The number of ether oxygens (including phenoxy) is 1. The van der Waals surface area contributed by atoms with Crippen molar-refractivity contribution in [2.75, 3.05) is 13.7 Å². The molecule has 0 radical (unpaired) electrons. The number of nitrogens with zero attached hydrogens (tertiary/aromatic N) is 1. The molecule has 0 aliphatic heterocycles. The SMILES string of the molecule is COc1cc(CNCC2CC2(C)C)ccc1C#N. The van der Waals surface area contributed by atoms with Crippen LogP contribution in [0.3, 0.4) is 0 Å². The van der Waals surface area contributed by atoms with Gasteiger partial charge in [-0.05, 0) is 42.0 Å². The van der Waals surface area contributed by atoms with Crippen molar-refractivity contribution in [1.29, 1.82) is 5.26 Å². The van der Waals surface area contributed by atoms with Gasteiger partial charge in [0.25, 0.3) is 0 Å². The van der Waals surface area contributed by atoms with Crippen LogP contribution >= 0.6 is 0 Å². The van der Waals surface area contributed by atoms with Gasteiger partial charge in [-0.1, -0.05) is 19.9 Å². The Bertz CT molecular complexity index is 474. The highest BCUT2D eigenvalue weighted by Crippen LogP contribution is 2.50. The fraction of sp³-hybridized carbons (Fsp3) is 0.533. The van der Waals surface area contributed by atoms with Crippen LogP contribution in [0.2, 0.25) is 0 Å². The first kappa shape index (κ1) is 12.9. The number of rotatable bonds is 5. The summed E-state index contributed by atoms with van der Waals surface area (Å²) in [6, 6.07) is 7.85. The molecule has 0 saturated heterocycles. The highest BCUT2D eigenvalue weighted by Gasteiger charge is 2.44. The van der Waals surface area contributed by atoms with Crippen LogP contribution < -0.4 is 10.1 Å². The van der Waals surface area contributed by atoms with Gasteiger partial charge in [-0.2, -0.15) is 5.26 Å². The highest BCUT2D eigenvalue weighted by atomic mass is 16.5. The lowest BCUT2D eigenvalue weighted by Gasteiger charge is -2.08. The maximum Gasteiger partial charge on any atom is 0.136 e. The van der Waals surface area contributed by atoms with Crippen LogP contribution in [0.15, 0.2) is 18.2 Å². The summed E-state index contributed by atoms with van der Waals surface area (Å²) in [4.78, 5) is 0. The van der Waals surface area contributed by atoms with Crippen LogP contribution in [0.5, 0.6) is 5.75 Å². The molecule has 0 heterocycles. The molecule has 1 fully saturated rings. The van der Waals surface area contributed by atoms with Gasteiger partial charge in [0.1, 0.15) is 11.8 Å². The van der Waals surface area contributed by atoms with E-state index in [4.69, 9.17) is 10.00 Å². The molecule has 1 aliphatic carbocycles. The van der Waals surface area contributed by atoms with Gasteiger partial charge in [-0.25, -0.2) is 0 Å². The monoisotopic (exact) mass is 244 g/mol. The minimum Gasteiger partial charge on any atom is -0.495 e. The summed E-state index contributed by atoms with van der Waals surface area (Å²) < 4.78 is 5.20. The fourth-order valence-corrected chi connectivity index (χ4v) is 2.25. The van der Waals surface area contributed by atoms with Gasteiger partial charge in [0.15, 0.2) is 0 Å². The van der Waals surface area contributed by atoms with Gasteiger partial charge in [-0.15, -0.1) is 0 Å². The Morgan fingerprint density at radius 3 is 2.78 bits per heavy atom. The molecule has 3 heteroatoms. The quantitative estimate of drug-likeness (QED) is 0.866. The molecule has 96 valence electrons. The Balaban J connectivity index is 1.88. The first-order valence-corrected chi connectivity index (χ1v) is 6.34. The smallest absolute Gasteiger partial charge is 0.136 e. The maximum absolute atomic E-state index is 8.91. The van der Waals surface area contributed by atoms with Crippen LogP contribution in [-0.2, 0) is 6.54 Å². The zero-order valence-corrected chi connectivity index (χ0v) is 11.3. The molecule has 1 aromatic rings. The minimum absolute atomic E-state index is 0.523. The number of nitriles is 1. The Kier molecular flexibility index (Phi) is 3.58. The molecule has 3 nitrogen and oxygen atoms in total. The van der Waals surface area contributed by atoms with Crippen molar-refractivity contribution >= 4 is 0 Å². The van der Waals surface area contributed by atoms with E-state index in [-0.39, 0.29) is 0 Å². The molecule has 0 spiro atoms. The van der Waals surface area contributed by atoms with Gasteiger partial charge in [0.2, 0.25) is 0 Å². The van der Waals surface area contributed by atoms with Crippen LogP contribution in [0, 0.1) is 22.7 Å². The summed E-state index contributed by atoms with van der Waals surface area (Å²) in [5.74, 6) is 1.46. The van der Waals surface area contributed by atoms with E-state index in [1.165, 1.54) is 6.42 Å². The van der Waals surface area contributed by atoms with Crippen molar-refractivity contribution in [2.24, 2.45) is 11.3 Å². The topological polar surface area (TPSA) is 45.0 Å². The van der Waals surface area contributed by atoms with Crippen LogP contribution in [-0.4, -0.2) is 13.7 Å². The predicted molar refractivity (Wildman–Crippen MR) is 71.3 cm³/mol. The second-order valence-corrected chi connectivity index (χ2v) is 5.67. The largest absolute Gasteiger partial charge is 0.495 e. The number of hydrogen-bond acceptors (Lipinski definition) is 3. The van der Waals surface area contributed by atoms with Gasteiger partial charge in [0.05, 0.1) is 12.7 Å². The molecule has 1 saturated carbocycles. The lowest BCUT2D eigenvalue weighted by atomic mass is 10.1. The van der Waals surface area contributed by atoms with Gasteiger partial charge < -0.3 is 10.1 Å². The Morgan fingerprint density at radius 2 is 2.22 bits per heavy atom. The second kappa shape index (κ2) is 4.99. The third-order valence-corrected chi connectivity index (χ3v) is 3.82. The van der Waals surface area contributed by atoms with E-state index >= 15 is 0 Å². The van der Waals surface area contributed by atoms with Crippen LogP contribution in [0.4, 0.5) is 0 Å². The minimum atomic E-state index is 0.523. The second-order valence-electron chi connectivity index (χ2n) is 5.67. The van der Waals surface area contributed by atoms with Crippen LogP contribution in [0.1, 0.15) is 31.4 Å². The first-order chi connectivity index (χ1) is 8.56. The lowest BCUT2D eigenvalue weighted by Crippen LogP contribution is -2.18. The standard InChI is InChI=1S/C15H20N2O/c1-15(2)7-13(15)10-17-9-11-4-5-12(8-16)14(6-11)18-3/h4-6,13,17H,7,9-10H2,1-3H3. The summed E-state index contributed by atoms with van der Waals surface area (Å²) in [7, 11) is 1.60. The molecule has 0 bridgehead atoms. The average molecular weight is 244 g/mol. The molecule has 1 atom stereocenters. The lowest BCUT2D eigenvalue weighted by molar-refractivity contribution is 0.412. The molecule has 2 rings (SSSR count). The number of nitrogens with one attached hydrogen (secondary N) is 1.